The molecule has 0 saturated heterocycles. The van der Waals surface area contributed by atoms with Crippen LogP contribution in [0, 0.1) is 0 Å². The van der Waals surface area contributed by atoms with Gasteiger partial charge in [-0.1, -0.05) is 44.2 Å². The van der Waals surface area contributed by atoms with Crippen molar-refractivity contribution in [1.82, 2.24) is 4.57 Å². The van der Waals surface area contributed by atoms with Crippen molar-refractivity contribution in [3.63, 3.8) is 0 Å². The van der Waals surface area contributed by atoms with Crippen molar-refractivity contribution in [2.45, 2.75) is 38.6 Å². The second-order valence-electron chi connectivity index (χ2n) is 5.38. The molecule has 0 aromatic carbocycles. The Morgan fingerprint density at radius 3 is 2.95 bits per heavy atom. The highest BCUT2D eigenvalue weighted by molar-refractivity contribution is 5.93. The fourth-order valence-corrected chi connectivity index (χ4v) is 3.32. The first-order valence-corrected chi connectivity index (χ1v) is 7.21. The molecule has 2 aliphatic rings. The summed E-state index contributed by atoms with van der Waals surface area (Å²) >= 11 is 0. The SMILES string of the molecule is C=CC(CCC)n1c2c(c3c1CCC=C3)C(=C)C=C2. The zero-order valence-electron chi connectivity index (χ0n) is 11.7. The molecule has 98 valence electrons. The number of allylic oxidation sites excluding steroid dienone is 4. The molecular formula is C18H21N. The van der Waals surface area contributed by atoms with Gasteiger partial charge in [-0.05, 0) is 30.9 Å². The number of aromatic nitrogens is 1. The van der Waals surface area contributed by atoms with Crippen LogP contribution in [0.5, 0.6) is 0 Å². The molecule has 1 nitrogen and oxygen atoms in total. The van der Waals surface area contributed by atoms with Gasteiger partial charge in [0.2, 0.25) is 0 Å². The van der Waals surface area contributed by atoms with Crippen molar-refractivity contribution < 1.29 is 0 Å². The lowest BCUT2D eigenvalue weighted by atomic mass is 9.98. The Balaban J connectivity index is 2.22. The largest absolute Gasteiger partial charge is 0.337 e. The maximum Gasteiger partial charge on any atom is 0.0516 e. The molecular weight excluding hydrogens is 230 g/mol. The predicted octanol–water partition coefficient (Wildman–Crippen LogP) is 5.01. The molecule has 3 rings (SSSR count). The van der Waals surface area contributed by atoms with Gasteiger partial charge in [0.15, 0.2) is 0 Å². The second-order valence-corrected chi connectivity index (χ2v) is 5.38. The average molecular weight is 251 g/mol. The summed E-state index contributed by atoms with van der Waals surface area (Å²) < 4.78 is 2.50. The summed E-state index contributed by atoms with van der Waals surface area (Å²) in [4.78, 5) is 0. The topological polar surface area (TPSA) is 4.93 Å². The second kappa shape index (κ2) is 4.73. The van der Waals surface area contributed by atoms with Crippen molar-refractivity contribution in [1.29, 1.82) is 0 Å². The summed E-state index contributed by atoms with van der Waals surface area (Å²) in [6, 6.07) is 0.407. The van der Waals surface area contributed by atoms with Gasteiger partial charge < -0.3 is 4.57 Å². The van der Waals surface area contributed by atoms with E-state index in [1.54, 1.807) is 0 Å². The molecule has 0 amide bonds. The van der Waals surface area contributed by atoms with Gasteiger partial charge in [0.25, 0.3) is 0 Å². The first-order valence-electron chi connectivity index (χ1n) is 7.21. The van der Waals surface area contributed by atoms with Crippen LogP contribution in [0.1, 0.15) is 54.7 Å². The van der Waals surface area contributed by atoms with Crippen molar-refractivity contribution in [3.8, 4) is 0 Å². The van der Waals surface area contributed by atoms with Crippen LogP contribution in [-0.2, 0) is 6.42 Å². The van der Waals surface area contributed by atoms with Crippen molar-refractivity contribution in [3.05, 3.63) is 53.9 Å². The third-order valence-electron chi connectivity index (χ3n) is 4.17. The minimum Gasteiger partial charge on any atom is -0.337 e. The van der Waals surface area contributed by atoms with Crippen LogP contribution in [0.3, 0.4) is 0 Å². The number of rotatable bonds is 4. The molecule has 0 aliphatic heterocycles. The van der Waals surface area contributed by atoms with Crippen LogP contribution < -0.4 is 0 Å². The van der Waals surface area contributed by atoms with Gasteiger partial charge in [-0.15, -0.1) is 6.58 Å². The number of nitrogens with zero attached hydrogens (tertiary/aromatic N) is 1. The maximum atomic E-state index is 4.19. The zero-order valence-corrected chi connectivity index (χ0v) is 11.7. The van der Waals surface area contributed by atoms with E-state index in [9.17, 15) is 0 Å². The normalized spacial score (nSPS) is 17.4. The van der Waals surface area contributed by atoms with Crippen molar-refractivity contribution in [2.24, 2.45) is 0 Å². The molecule has 19 heavy (non-hydrogen) atoms. The van der Waals surface area contributed by atoms with Crippen LogP contribution in [-0.4, -0.2) is 4.57 Å². The van der Waals surface area contributed by atoms with Gasteiger partial charge in [-0.3, -0.25) is 0 Å². The summed E-state index contributed by atoms with van der Waals surface area (Å²) in [5, 5.41) is 0. The average Bonchev–Trinajstić information content (AvgIpc) is 2.95. The highest BCUT2D eigenvalue weighted by Crippen LogP contribution is 2.41. The van der Waals surface area contributed by atoms with E-state index in [0.29, 0.717) is 6.04 Å². The molecule has 1 aromatic heterocycles. The van der Waals surface area contributed by atoms with Gasteiger partial charge in [-0.25, -0.2) is 0 Å². The Labute approximate surface area is 115 Å². The van der Waals surface area contributed by atoms with Crippen LogP contribution in [0.4, 0.5) is 0 Å². The Morgan fingerprint density at radius 1 is 1.37 bits per heavy atom. The van der Waals surface area contributed by atoms with Gasteiger partial charge in [0, 0.05) is 22.5 Å². The third-order valence-corrected chi connectivity index (χ3v) is 4.17. The zero-order chi connectivity index (χ0) is 13.4. The lowest BCUT2D eigenvalue weighted by Crippen LogP contribution is -2.12. The lowest BCUT2D eigenvalue weighted by molar-refractivity contribution is 0.530. The maximum absolute atomic E-state index is 4.19. The summed E-state index contributed by atoms with van der Waals surface area (Å²) in [7, 11) is 0. The molecule has 2 aliphatic carbocycles. The summed E-state index contributed by atoms with van der Waals surface area (Å²) in [5.74, 6) is 0. The number of hydrogen-bond acceptors (Lipinski definition) is 0. The van der Waals surface area contributed by atoms with Crippen LogP contribution >= 0.6 is 0 Å². The first kappa shape index (κ1) is 12.3. The van der Waals surface area contributed by atoms with Gasteiger partial charge >= 0.3 is 0 Å². The summed E-state index contributed by atoms with van der Waals surface area (Å²) in [5.41, 5.74) is 6.68. The molecule has 0 spiro atoms. The Kier molecular flexibility index (Phi) is 3.06. The van der Waals surface area contributed by atoms with Crippen molar-refractivity contribution >= 4 is 17.7 Å². The Bertz CT molecular complexity index is 596. The molecule has 1 aromatic rings. The number of hydrogen-bond donors (Lipinski definition) is 0. The van der Waals surface area contributed by atoms with Gasteiger partial charge in [0.1, 0.15) is 0 Å². The highest BCUT2D eigenvalue weighted by Gasteiger charge is 2.27. The first-order chi connectivity index (χ1) is 9.27. The molecule has 1 atom stereocenters. The van der Waals surface area contributed by atoms with Crippen LogP contribution in [0.25, 0.3) is 17.7 Å². The standard InChI is InChI=1S/C18H21N/c1-4-8-14(5-2)19-16-10-7-6-9-15(16)18-13(3)11-12-17(18)19/h5-6,9,11-12,14H,2-4,7-8,10H2,1H3. The van der Waals surface area contributed by atoms with Crippen LogP contribution in [0.2, 0.25) is 0 Å². The van der Waals surface area contributed by atoms with E-state index in [0.717, 1.165) is 24.8 Å². The van der Waals surface area contributed by atoms with E-state index >= 15 is 0 Å². The monoisotopic (exact) mass is 251 g/mol. The highest BCUT2D eigenvalue weighted by atomic mass is 15.0. The fourth-order valence-electron chi connectivity index (χ4n) is 3.32. The fraction of sp³-hybridized carbons (Fsp3) is 0.333. The minimum atomic E-state index is 0.407. The quantitative estimate of drug-likeness (QED) is 0.662. The Hall–Kier alpha value is -1.76. The molecule has 0 bridgehead atoms. The number of fused-ring (bicyclic) bond motifs is 3. The van der Waals surface area contributed by atoms with E-state index in [4.69, 9.17) is 0 Å². The third kappa shape index (κ3) is 1.76. The van der Waals surface area contributed by atoms with E-state index < -0.39 is 0 Å². The van der Waals surface area contributed by atoms with Crippen molar-refractivity contribution in [2.75, 3.05) is 0 Å². The molecule has 0 fully saturated rings. The lowest BCUT2D eigenvalue weighted by Gasteiger charge is -2.21. The molecule has 1 heterocycles. The minimum absolute atomic E-state index is 0.407. The van der Waals surface area contributed by atoms with Gasteiger partial charge in [0.05, 0.1) is 6.04 Å². The van der Waals surface area contributed by atoms with E-state index in [1.165, 1.54) is 28.9 Å². The van der Waals surface area contributed by atoms with E-state index in [1.807, 2.05) is 0 Å². The van der Waals surface area contributed by atoms with Crippen LogP contribution in [0.15, 0.2) is 31.4 Å². The summed E-state index contributed by atoms with van der Waals surface area (Å²) in [6.45, 7) is 10.5. The molecule has 0 radical (unpaired) electrons. The van der Waals surface area contributed by atoms with E-state index in [-0.39, 0.29) is 0 Å². The predicted molar refractivity (Wildman–Crippen MR) is 84.0 cm³/mol. The molecule has 0 saturated carbocycles. The van der Waals surface area contributed by atoms with E-state index in [2.05, 4.69) is 55.0 Å². The molecule has 1 unspecified atom stereocenters. The Morgan fingerprint density at radius 2 is 2.21 bits per heavy atom. The smallest absolute Gasteiger partial charge is 0.0516 e. The molecule has 1 heteroatoms. The summed E-state index contributed by atoms with van der Waals surface area (Å²) in [6.07, 6.45) is 15.6. The molecule has 0 N–H and O–H groups in total. The van der Waals surface area contributed by atoms with Gasteiger partial charge in [-0.2, -0.15) is 0 Å².